The second kappa shape index (κ2) is 18.8. The van der Waals surface area contributed by atoms with Gasteiger partial charge in [-0.3, -0.25) is 10.1 Å². The normalized spacial score (nSPS) is 13.6. The maximum atomic E-state index is 13.8. The van der Waals surface area contributed by atoms with E-state index in [4.69, 9.17) is 9.97 Å². The number of H-pyrrole nitrogens is 2. The minimum absolute atomic E-state index is 0.0786. The Morgan fingerprint density at radius 1 is 0.395 bits per heavy atom. The summed E-state index contributed by atoms with van der Waals surface area (Å²) in [5.41, 5.74) is 18.6. The summed E-state index contributed by atoms with van der Waals surface area (Å²) in [5, 5.41) is 13.8. The standard InChI is InChI=1S/C68H76BrN5O2/c1-63(2,3)43-29-40(30-44(35-43)64(4,5)6)59-51-24-23-50(70-51)58(39-19-21-49(69)22-20-39)56-38-57(74(75)76)62(73-56)61(42-33-47(67(13,14)15)37-48(34-42)68(16,17)18)55-28-27-54(72-55)60(53-26-25-52(59)71-53)41-31-45(65(7,8)9)36-46(32-41)66(10,11)12/h19-38,70,72H,1-18H3. The lowest BCUT2D eigenvalue weighted by Gasteiger charge is -2.26. The molecule has 5 heterocycles. The van der Waals surface area contributed by atoms with E-state index in [-0.39, 0.29) is 48.8 Å². The van der Waals surface area contributed by atoms with E-state index in [1.54, 1.807) is 6.08 Å². The van der Waals surface area contributed by atoms with Gasteiger partial charge in [-0.05, 0) is 137 Å². The van der Waals surface area contributed by atoms with E-state index in [0.717, 1.165) is 82.5 Å². The average molecular weight is 1080 g/mol. The molecule has 0 atom stereocenters. The summed E-state index contributed by atoms with van der Waals surface area (Å²) in [6, 6.07) is 37.2. The molecule has 0 saturated heterocycles. The van der Waals surface area contributed by atoms with E-state index in [1.807, 2.05) is 24.3 Å². The molecule has 0 saturated carbocycles. The lowest BCUT2D eigenvalue weighted by atomic mass is 9.78. The highest BCUT2D eigenvalue weighted by Crippen LogP contribution is 2.45. The third-order valence-corrected chi connectivity index (χ3v) is 15.6. The van der Waals surface area contributed by atoms with Crippen molar-refractivity contribution in [2.24, 2.45) is 0 Å². The van der Waals surface area contributed by atoms with Crippen LogP contribution in [0.4, 0.5) is 0 Å². The summed E-state index contributed by atoms with van der Waals surface area (Å²) in [6.45, 7) is 40.5. The van der Waals surface area contributed by atoms with Crippen LogP contribution in [0.25, 0.3) is 90.5 Å². The maximum Gasteiger partial charge on any atom is 0.297 e. The summed E-state index contributed by atoms with van der Waals surface area (Å²) < 4.78 is 0.920. The smallest absolute Gasteiger partial charge is 0.297 e. The molecule has 3 aromatic heterocycles. The largest absolute Gasteiger partial charge is 0.354 e. The first-order valence-electron chi connectivity index (χ1n) is 26.7. The number of rotatable bonds is 5. The number of nitrogens with one attached hydrogen (secondary N) is 2. The second-order valence-electron chi connectivity index (χ2n) is 27.3. The molecule has 8 heteroatoms. The van der Waals surface area contributed by atoms with Crippen LogP contribution in [-0.4, -0.2) is 24.9 Å². The average Bonchev–Trinajstić information content (AvgIpc) is 4.15. The Morgan fingerprint density at radius 3 is 1.01 bits per heavy atom. The van der Waals surface area contributed by atoms with Crippen LogP contribution < -0.4 is 0 Å². The highest BCUT2D eigenvalue weighted by atomic mass is 79.9. The molecule has 392 valence electrons. The number of halogens is 1. The van der Waals surface area contributed by atoms with Gasteiger partial charge >= 0.3 is 0 Å². The fourth-order valence-electron chi connectivity index (χ4n) is 10.1. The predicted molar refractivity (Wildman–Crippen MR) is 326 cm³/mol. The van der Waals surface area contributed by atoms with Gasteiger partial charge in [0.2, 0.25) is 0 Å². The zero-order valence-corrected chi connectivity index (χ0v) is 49.7. The van der Waals surface area contributed by atoms with Gasteiger partial charge in [-0.25, -0.2) is 9.97 Å². The van der Waals surface area contributed by atoms with Gasteiger partial charge in [-0.2, -0.15) is 0 Å². The Morgan fingerprint density at radius 2 is 0.697 bits per heavy atom. The van der Waals surface area contributed by atoms with Gasteiger partial charge in [0.1, 0.15) is 0 Å². The van der Waals surface area contributed by atoms with Crippen molar-refractivity contribution in [1.29, 1.82) is 0 Å². The predicted octanol–water partition coefficient (Wildman–Crippen LogP) is 19.5. The SMILES string of the molecule is CC(C)(C)c1cc(-c2c3nc(c(-c4cc(C(C)(C)C)cc(C(C)(C)C)c4)c4ccc([nH]4)c(-c4cc(C(C)(C)C)cc(C(C)(C)C)c4)c4nc(c(-c5ccc(Br)cc5)c5ccc2[nH]5)C=C4[N+](=O)[O-])C=C3)cc(C(C)(C)C)c1. The molecule has 0 spiro atoms. The van der Waals surface area contributed by atoms with Gasteiger partial charge in [0, 0.05) is 54.9 Å². The lowest BCUT2D eigenvalue weighted by molar-refractivity contribution is -0.374. The minimum Gasteiger partial charge on any atom is -0.354 e. The van der Waals surface area contributed by atoms with Crippen molar-refractivity contribution in [2.45, 2.75) is 157 Å². The Balaban J connectivity index is 1.57. The maximum absolute atomic E-state index is 13.8. The van der Waals surface area contributed by atoms with Crippen molar-refractivity contribution >= 4 is 61.9 Å². The number of aromatic nitrogens is 4. The summed E-state index contributed by atoms with van der Waals surface area (Å²) in [5.74, 6) is 0. The zero-order valence-electron chi connectivity index (χ0n) is 48.1. The van der Waals surface area contributed by atoms with Crippen molar-refractivity contribution in [1.82, 2.24) is 19.9 Å². The third kappa shape index (κ3) is 10.7. The van der Waals surface area contributed by atoms with Crippen LogP contribution in [0.5, 0.6) is 0 Å². The van der Waals surface area contributed by atoms with Gasteiger partial charge in [-0.1, -0.05) is 207 Å². The van der Waals surface area contributed by atoms with Crippen molar-refractivity contribution in [3.63, 3.8) is 0 Å². The molecule has 0 unspecified atom stereocenters. The summed E-state index contributed by atoms with van der Waals surface area (Å²) >= 11 is 3.67. The molecule has 7 nitrogen and oxygen atoms in total. The Kier molecular flexibility index (Phi) is 13.4. The van der Waals surface area contributed by atoms with Crippen LogP contribution in [-0.2, 0) is 32.5 Å². The number of fused-ring (bicyclic) bond motifs is 8. The van der Waals surface area contributed by atoms with Gasteiger partial charge in [0.15, 0.2) is 5.69 Å². The molecule has 2 aliphatic heterocycles. The van der Waals surface area contributed by atoms with Crippen LogP contribution >= 0.6 is 15.9 Å². The quantitative estimate of drug-likeness (QED) is 0.132. The third-order valence-electron chi connectivity index (χ3n) is 15.0. The first-order chi connectivity index (χ1) is 35.1. The number of benzene rings is 4. The van der Waals surface area contributed by atoms with Crippen LogP contribution in [0, 0.1) is 10.1 Å². The van der Waals surface area contributed by atoms with Gasteiger partial charge < -0.3 is 9.97 Å². The summed E-state index contributed by atoms with van der Waals surface area (Å²) in [4.78, 5) is 32.6. The Labute approximate surface area is 459 Å². The van der Waals surface area contributed by atoms with Crippen LogP contribution in [0.2, 0.25) is 0 Å². The van der Waals surface area contributed by atoms with Crippen molar-refractivity contribution in [2.75, 3.05) is 0 Å². The highest BCUT2D eigenvalue weighted by Gasteiger charge is 2.32. The van der Waals surface area contributed by atoms with Crippen molar-refractivity contribution in [3.05, 3.63) is 174 Å². The van der Waals surface area contributed by atoms with E-state index in [1.165, 1.54) is 22.3 Å². The molecule has 0 radical (unpaired) electrons. The topological polar surface area (TPSA) is 100 Å². The monoisotopic (exact) mass is 1070 g/mol. The first-order valence-corrected chi connectivity index (χ1v) is 27.5. The number of nitrogens with zero attached hydrogens (tertiary/aromatic N) is 3. The molecule has 2 aliphatic rings. The van der Waals surface area contributed by atoms with E-state index in [0.29, 0.717) is 16.8 Å². The first kappa shape index (κ1) is 54.2. The fraction of sp³-hybridized carbons (Fsp3) is 0.353. The number of aromatic amines is 2. The molecule has 8 bridgehead atoms. The molecule has 4 aromatic carbocycles. The second-order valence-corrected chi connectivity index (χ2v) is 28.2. The fourth-order valence-corrected chi connectivity index (χ4v) is 10.4. The molecule has 76 heavy (non-hydrogen) atoms. The molecule has 0 aliphatic carbocycles. The number of hydrogen-bond donors (Lipinski definition) is 2. The molecular weight excluding hydrogens is 999 g/mol. The molecule has 7 aromatic rings. The van der Waals surface area contributed by atoms with Gasteiger partial charge in [0.05, 0.1) is 22.0 Å². The van der Waals surface area contributed by atoms with E-state index >= 15 is 0 Å². The molecule has 0 fully saturated rings. The minimum atomic E-state index is -0.277. The molecule has 0 amide bonds. The van der Waals surface area contributed by atoms with E-state index in [9.17, 15) is 10.1 Å². The Bertz CT molecular complexity index is 3630. The lowest BCUT2D eigenvalue weighted by Crippen LogP contribution is -2.16. The molecule has 9 rings (SSSR count). The number of nitro groups is 1. The van der Waals surface area contributed by atoms with E-state index in [2.05, 4.69) is 242 Å². The zero-order chi connectivity index (χ0) is 55.4. The molecule has 2 N–H and O–H groups in total. The van der Waals surface area contributed by atoms with Crippen LogP contribution in [0.3, 0.4) is 0 Å². The summed E-state index contributed by atoms with van der Waals surface area (Å²) in [7, 11) is 0. The van der Waals surface area contributed by atoms with Gasteiger partial charge in [0.25, 0.3) is 5.70 Å². The van der Waals surface area contributed by atoms with Crippen molar-refractivity contribution in [3.8, 4) is 44.5 Å². The molecular formula is C68H76BrN5O2. The van der Waals surface area contributed by atoms with Gasteiger partial charge in [-0.15, -0.1) is 0 Å². The summed E-state index contributed by atoms with van der Waals surface area (Å²) in [6.07, 6.45) is 5.99. The van der Waals surface area contributed by atoms with Crippen molar-refractivity contribution < 1.29 is 4.92 Å². The highest BCUT2D eigenvalue weighted by molar-refractivity contribution is 9.10. The Hall–Kier alpha value is -6.64. The van der Waals surface area contributed by atoms with E-state index < -0.39 is 0 Å². The van der Waals surface area contributed by atoms with Crippen LogP contribution in [0.15, 0.2) is 108 Å². The number of hydrogen-bond acceptors (Lipinski definition) is 4. The van der Waals surface area contributed by atoms with Crippen LogP contribution in [0.1, 0.15) is 181 Å².